The quantitative estimate of drug-likeness (QED) is 0.813. The highest BCUT2D eigenvalue weighted by Crippen LogP contribution is 2.16. The van der Waals surface area contributed by atoms with E-state index in [2.05, 4.69) is 15.5 Å². The van der Waals surface area contributed by atoms with E-state index in [1.54, 1.807) is 4.68 Å². The molecule has 6 nitrogen and oxygen atoms in total. The fraction of sp³-hybridized carbons (Fsp3) is 0.417. The first kappa shape index (κ1) is 12.5. The van der Waals surface area contributed by atoms with E-state index in [1.807, 2.05) is 37.4 Å². The second-order valence-corrected chi connectivity index (χ2v) is 4.04. The van der Waals surface area contributed by atoms with Gasteiger partial charge in [-0.1, -0.05) is 18.2 Å². The van der Waals surface area contributed by atoms with Crippen LogP contribution in [0.2, 0.25) is 0 Å². The molecule has 0 aliphatic carbocycles. The molecular formula is C12H17N5O. The predicted octanol–water partition coefficient (Wildman–Crippen LogP) is 0.721. The van der Waals surface area contributed by atoms with Crippen LogP contribution in [0, 0.1) is 0 Å². The smallest absolute Gasteiger partial charge is 0.155 e. The van der Waals surface area contributed by atoms with Crippen molar-refractivity contribution >= 4 is 0 Å². The lowest BCUT2D eigenvalue weighted by Gasteiger charge is -2.13. The molecule has 2 rings (SSSR count). The molecule has 0 aliphatic heterocycles. The van der Waals surface area contributed by atoms with Crippen LogP contribution in [0.4, 0.5) is 0 Å². The van der Waals surface area contributed by atoms with Crippen molar-refractivity contribution in [3.05, 3.63) is 36.2 Å². The number of benzene rings is 1. The van der Waals surface area contributed by atoms with E-state index in [9.17, 15) is 0 Å². The largest absolute Gasteiger partial charge is 0.494 e. The van der Waals surface area contributed by atoms with Gasteiger partial charge in [-0.25, -0.2) is 4.68 Å². The lowest BCUT2D eigenvalue weighted by atomic mass is 10.1. The van der Waals surface area contributed by atoms with Crippen LogP contribution >= 0.6 is 0 Å². The Labute approximate surface area is 106 Å². The monoisotopic (exact) mass is 247 g/mol. The Bertz CT molecular complexity index is 470. The molecule has 0 saturated heterocycles. The molecule has 2 N–H and O–H groups in total. The first-order valence-corrected chi connectivity index (χ1v) is 5.91. The van der Waals surface area contributed by atoms with Crippen molar-refractivity contribution < 1.29 is 4.74 Å². The molecule has 0 amide bonds. The van der Waals surface area contributed by atoms with Crippen molar-refractivity contribution in [3.63, 3.8) is 0 Å². The van der Waals surface area contributed by atoms with Crippen LogP contribution in [-0.2, 0) is 7.05 Å². The number of hydrogen-bond acceptors (Lipinski definition) is 5. The number of ether oxygens (including phenoxy) is 1. The summed E-state index contributed by atoms with van der Waals surface area (Å²) in [6.07, 6.45) is 0.791. The number of nitrogens with zero attached hydrogens (tertiary/aromatic N) is 4. The molecular weight excluding hydrogens is 230 g/mol. The summed E-state index contributed by atoms with van der Waals surface area (Å²) < 4.78 is 7.30. The number of nitrogens with two attached hydrogens (primary N) is 1. The zero-order valence-electron chi connectivity index (χ0n) is 10.4. The number of aromatic nitrogens is 4. The highest BCUT2D eigenvalue weighted by Gasteiger charge is 2.16. The van der Waals surface area contributed by atoms with E-state index in [-0.39, 0.29) is 5.92 Å². The number of aryl methyl sites for hydroxylation is 1. The Morgan fingerprint density at radius 1 is 1.33 bits per heavy atom. The molecule has 1 atom stereocenters. The molecule has 96 valence electrons. The van der Waals surface area contributed by atoms with Crippen molar-refractivity contribution in [2.45, 2.75) is 12.3 Å². The third-order valence-corrected chi connectivity index (χ3v) is 2.78. The Morgan fingerprint density at radius 3 is 2.72 bits per heavy atom. The van der Waals surface area contributed by atoms with E-state index in [0.29, 0.717) is 13.2 Å². The van der Waals surface area contributed by atoms with Gasteiger partial charge in [0.05, 0.1) is 6.61 Å². The summed E-state index contributed by atoms with van der Waals surface area (Å²) in [5, 5.41) is 11.4. The second kappa shape index (κ2) is 6.11. The molecule has 0 saturated carbocycles. The van der Waals surface area contributed by atoms with Crippen LogP contribution in [0.5, 0.6) is 5.75 Å². The second-order valence-electron chi connectivity index (χ2n) is 4.04. The third-order valence-electron chi connectivity index (χ3n) is 2.78. The molecule has 6 heteroatoms. The molecule has 0 radical (unpaired) electrons. The van der Waals surface area contributed by atoms with Crippen LogP contribution < -0.4 is 10.5 Å². The summed E-state index contributed by atoms with van der Waals surface area (Å²) in [5.74, 6) is 1.78. The van der Waals surface area contributed by atoms with Crippen LogP contribution in [0.25, 0.3) is 0 Å². The topological polar surface area (TPSA) is 78.9 Å². The van der Waals surface area contributed by atoms with Gasteiger partial charge >= 0.3 is 0 Å². The Kier molecular flexibility index (Phi) is 4.25. The fourth-order valence-corrected chi connectivity index (χ4v) is 1.77. The number of hydrogen-bond donors (Lipinski definition) is 1. The molecule has 0 fully saturated rings. The molecule has 0 aliphatic rings. The molecule has 1 unspecified atom stereocenters. The van der Waals surface area contributed by atoms with Crippen LogP contribution in [0.15, 0.2) is 30.3 Å². The van der Waals surface area contributed by atoms with Crippen LogP contribution in [-0.4, -0.2) is 33.4 Å². The summed E-state index contributed by atoms with van der Waals surface area (Å²) in [7, 11) is 1.82. The van der Waals surface area contributed by atoms with Gasteiger partial charge in [0.15, 0.2) is 5.82 Å². The Hall–Kier alpha value is -1.95. The summed E-state index contributed by atoms with van der Waals surface area (Å²) in [6, 6.07) is 9.72. The SMILES string of the molecule is Cn1nnnc1C(CN)CCOc1ccccc1. The summed E-state index contributed by atoms with van der Waals surface area (Å²) in [6.45, 7) is 1.10. The molecule has 0 bridgehead atoms. The van der Waals surface area contributed by atoms with Crippen molar-refractivity contribution in [3.8, 4) is 5.75 Å². The van der Waals surface area contributed by atoms with Gasteiger partial charge in [0.25, 0.3) is 0 Å². The Balaban J connectivity index is 1.87. The highest BCUT2D eigenvalue weighted by atomic mass is 16.5. The fourth-order valence-electron chi connectivity index (χ4n) is 1.77. The predicted molar refractivity (Wildman–Crippen MR) is 67.1 cm³/mol. The third kappa shape index (κ3) is 3.04. The molecule has 1 aromatic carbocycles. The van der Waals surface area contributed by atoms with Crippen molar-refractivity contribution in [2.24, 2.45) is 12.8 Å². The molecule has 1 aromatic heterocycles. The minimum Gasteiger partial charge on any atom is -0.494 e. The average Bonchev–Trinajstić information content (AvgIpc) is 2.82. The van der Waals surface area contributed by atoms with E-state index in [4.69, 9.17) is 10.5 Å². The standard InChI is InChI=1S/C12H17N5O/c1-17-12(14-15-16-17)10(9-13)7-8-18-11-5-3-2-4-6-11/h2-6,10H,7-9,13H2,1H3. The van der Waals surface area contributed by atoms with Crippen molar-refractivity contribution in [2.75, 3.05) is 13.2 Å². The zero-order chi connectivity index (χ0) is 12.8. The van der Waals surface area contributed by atoms with Crippen LogP contribution in [0.3, 0.4) is 0 Å². The van der Waals surface area contributed by atoms with Gasteiger partial charge in [-0.15, -0.1) is 5.10 Å². The van der Waals surface area contributed by atoms with Gasteiger partial charge in [-0.3, -0.25) is 0 Å². The number of para-hydroxylation sites is 1. The summed E-state index contributed by atoms with van der Waals surface area (Å²) in [5.41, 5.74) is 5.75. The minimum atomic E-state index is 0.119. The van der Waals surface area contributed by atoms with Gasteiger partial charge < -0.3 is 10.5 Å². The van der Waals surface area contributed by atoms with E-state index in [1.165, 1.54) is 0 Å². The normalized spacial score (nSPS) is 12.3. The van der Waals surface area contributed by atoms with Gasteiger partial charge in [-0.05, 0) is 29.0 Å². The first-order valence-electron chi connectivity index (χ1n) is 5.91. The average molecular weight is 247 g/mol. The van der Waals surface area contributed by atoms with Crippen LogP contribution in [0.1, 0.15) is 18.2 Å². The van der Waals surface area contributed by atoms with Crippen molar-refractivity contribution in [1.82, 2.24) is 20.2 Å². The van der Waals surface area contributed by atoms with Gasteiger partial charge in [0.1, 0.15) is 5.75 Å². The minimum absolute atomic E-state index is 0.119. The zero-order valence-corrected chi connectivity index (χ0v) is 10.4. The summed E-state index contributed by atoms with van der Waals surface area (Å²) in [4.78, 5) is 0. The Morgan fingerprint density at radius 2 is 2.11 bits per heavy atom. The molecule has 0 spiro atoms. The van der Waals surface area contributed by atoms with E-state index in [0.717, 1.165) is 18.0 Å². The number of tetrazole rings is 1. The summed E-state index contributed by atoms with van der Waals surface area (Å²) >= 11 is 0. The van der Waals surface area contributed by atoms with Crippen molar-refractivity contribution in [1.29, 1.82) is 0 Å². The maximum Gasteiger partial charge on any atom is 0.155 e. The number of rotatable bonds is 6. The van der Waals surface area contributed by atoms with E-state index < -0.39 is 0 Å². The molecule has 18 heavy (non-hydrogen) atoms. The highest BCUT2D eigenvalue weighted by molar-refractivity contribution is 5.20. The lowest BCUT2D eigenvalue weighted by Crippen LogP contribution is -2.19. The molecule has 1 heterocycles. The molecule has 2 aromatic rings. The first-order chi connectivity index (χ1) is 8.81. The van der Waals surface area contributed by atoms with Gasteiger partial charge in [0, 0.05) is 19.5 Å². The van der Waals surface area contributed by atoms with E-state index >= 15 is 0 Å². The van der Waals surface area contributed by atoms with Gasteiger partial charge in [-0.2, -0.15) is 0 Å². The lowest BCUT2D eigenvalue weighted by molar-refractivity contribution is 0.294. The maximum absolute atomic E-state index is 5.75. The maximum atomic E-state index is 5.75. The van der Waals surface area contributed by atoms with Gasteiger partial charge in [0.2, 0.25) is 0 Å².